The molecule has 4 rings (SSSR count). The second-order valence-electron chi connectivity index (χ2n) is 13.1. The molecule has 3 fully saturated rings. The summed E-state index contributed by atoms with van der Waals surface area (Å²) in [6, 6.07) is 7.78. The third-order valence-electron chi connectivity index (χ3n) is 9.73. The zero-order valence-corrected chi connectivity index (χ0v) is 25.4. The van der Waals surface area contributed by atoms with E-state index in [1.165, 1.54) is 6.08 Å². The number of halogens is 3. The summed E-state index contributed by atoms with van der Waals surface area (Å²) in [4.78, 5) is 32.2. The first kappa shape index (κ1) is 33.0. The lowest BCUT2D eigenvalue weighted by Crippen LogP contribution is -2.48. The van der Waals surface area contributed by atoms with Gasteiger partial charge in [-0.1, -0.05) is 25.6 Å². The average Bonchev–Trinajstić information content (AvgIpc) is 2.99. The van der Waals surface area contributed by atoms with E-state index in [9.17, 15) is 22.8 Å². The summed E-state index contributed by atoms with van der Waals surface area (Å²) < 4.78 is 38.7. The smallest absolute Gasteiger partial charge is 0.353 e. The van der Waals surface area contributed by atoms with Crippen LogP contribution in [0.3, 0.4) is 0 Å². The summed E-state index contributed by atoms with van der Waals surface area (Å²) in [7, 11) is 0. The van der Waals surface area contributed by atoms with Crippen LogP contribution in [0, 0.1) is 28.6 Å². The van der Waals surface area contributed by atoms with Crippen molar-refractivity contribution in [3.8, 4) is 6.07 Å². The predicted molar refractivity (Wildman–Crippen MR) is 162 cm³/mol. The lowest BCUT2D eigenvalue weighted by Gasteiger charge is -2.43. The number of hydrogen-bond acceptors (Lipinski definition) is 5. The molecule has 10 heteroatoms. The third kappa shape index (κ3) is 9.54. The Kier molecular flexibility index (Phi) is 11.3. The van der Waals surface area contributed by atoms with Crippen molar-refractivity contribution in [3.63, 3.8) is 0 Å². The van der Waals surface area contributed by atoms with E-state index in [0.717, 1.165) is 95.2 Å². The lowest BCUT2D eigenvalue weighted by atomic mass is 9.78. The van der Waals surface area contributed by atoms with Crippen LogP contribution in [-0.4, -0.2) is 78.4 Å². The van der Waals surface area contributed by atoms with Crippen LogP contribution in [-0.2, 0) is 22.3 Å². The van der Waals surface area contributed by atoms with E-state index < -0.39 is 11.7 Å². The zero-order chi connectivity index (χ0) is 31.0. The van der Waals surface area contributed by atoms with Gasteiger partial charge in [0.2, 0.25) is 11.8 Å². The predicted octanol–water partition coefficient (Wildman–Crippen LogP) is 5.48. The van der Waals surface area contributed by atoms with E-state index in [-0.39, 0.29) is 30.6 Å². The van der Waals surface area contributed by atoms with Crippen LogP contribution in [0.15, 0.2) is 36.9 Å². The van der Waals surface area contributed by atoms with Gasteiger partial charge in [0.1, 0.15) is 0 Å². The standard InChI is InChI=1S/C33H46F3N5O2.H2/c1-3-30(42)41(23-26-4-8-27(9-5-26)31(43)38-29-12-17-39(18-13-29)21-16-37)24-32(2)14-19-40(20-15-32)22-25-6-10-28(11-7-25)33(34,35)36;/h3,6-7,10-11,26-27,29H,1,4-5,8-9,12-15,17-24H2,2H3,(H,38,43);1H. The minimum absolute atomic E-state index is 0. The van der Waals surface area contributed by atoms with Gasteiger partial charge in [-0.05, 0) is 99.6 Å². The van der Waals surface area contributed by atoms with Gasteiger partial charge in [0.05, 0.1) is 18.2 Å². The van der Waals surface area contributed by atoms with E-state index in [1.54, 1.807) is 12.1 Å². The molecule has 3 aliphatic rings. The second-order valence-corrected chi connectivity index (χ2v) is 13.1. The molecule has 2 saturated heterocycles. The summed E-state index contributed by atoms with van der Waals surface area (Å²) >= 11 is 0. The number of nitriles is 1. The summed E-state index contributed by atoms with van der Waals surface area (Å²) in [5.41, 5.74) is 0.191. The first-order chi connectivity index (χ1) is 20.5. The van der Waals surface area contributed by atoms with E-state index in [2.05, 4.69) is 34.7 Å². The van der Waals surface area contributed by atoms with Crippen LogP contribution in [0.4, 0.5) is 13.2 Å². The second kappa shape index (κ2) is 14.7. The maximum atomic E-state index is 13.0. The minimum atomic E-state index is -4.33. The first-order valence-corrected chi connectivity index (χ1v) is 15.7. The van der Waals surface area contributed by atoms with Crippen LogP contribution in [0.25, 0.3) is 0 Å². The Labute approximate surface area is 255 Å². The van der Waals surface area contributed by atoms with Gasteiger partial charge in [0.25, 0.3) is 0 Å². The highest BCUT2D eigenvalue weighted by molar-refractivity contribution is 5.87. The normalized spacial score (nSPS) is 23.7. The molecule has 0 bridgehead atoms. The molecule has 1 saturated carbocycles. The summed E-state index contributed by atoms with van der Waals surface area (Å²) in [5, 5.41) is 12.1. The Bertz CT molecular complexity index is 1130. The molecule has 0 spiro atoms. The molecule has 1 N–H and O–H groups in total. The van der Waals surface area contributed by atoms with E-state index in [4.69, 9.17) is 5.26 Å². The number of alkyl halides is 3. The Morgan fingerprint density at radius 2 is 1.70 bits per heavy atom. The fraction of sp³-hybridized carbons (Fsp3) is 0.667. The van der Waals surface area contributed by atoms with Gasteiger partial charge in [0, 0.05) is 46.1 Å². The van der Waals surface area contributed by atoms with Gasteiger partial charge >= 0.3 is 6.18 Å². The molecule has 0 unspecified atom stereocenters. The van der Waals surface area contributed by atoms with Gasteiger partial charge in [-0.15, -0.1) is 0 Å². The maximum absolute atomic E-state index is 13.0. The van der Waals surface area contributed by atoms with Crippen molar-refractivity contribution in [2.75, 3.05) is 45.8 Å². The van der Waals surface area contributed by atoms with Crippen molar-refractivity contribution in [2.24, 2.45) is 17.3 Å². The van der Waals surface area contributed by atoms with E-state index >= 15 is 0 Å². The first-order valence-electron chi connectivity index (χ1n) is 15.7. The average molecular weight is 604 g/mol. The molecule has 0 aromatic heterocycles. The number of carbonyl (C=O) groups is 2. The Morgan fingerprint density at radius 1 is 1.07 bits per heavy atom. The van der Waals surface area contributed by atoms with Crippen LogP contribution in [0.5, 0.6) is 0 Å². The Hall–Kier alpha value is -2.90. The monoisotopic (exact) mass is 603 g/mol. The molecule has 7 nitrogen and oxygen atoms in total. The molecular formula is C33H48F3N5O2. The van der Waals surface area contributed by atoms with Crippen molar-refractivity contribution in [3.05, 3.63) is 48.0 Å². The quantitative estimate of drug-likeness (QED) is 0.283. The highest BCUT2D eigenvalue weighted by Gasteiger charge is 2.35. The number of likely N-dealkylation sites (tertiary alicyclic amines) is 2. The molecule has 1 aromatic rings. The summed E-state index contributed by atoms with van der Waals surface area (Å²) in [6.07, 6.45) is 4.12. The number of nitrogens with zero attached hydrogens (tertiary/aromatic N) is 4. The molecule has 2 amide bonds. The van der Waals surface area contributed by atoms with Crippen molar-refractivity contribution >= 4 is 11.8 Å². The van der Waals surface area contributed by atoms with Gasteiger partial charge in [0.15, 0.2) is 0 Å². The fourth-order valence-electron chi connectivity index (χ4n) is 6.86. The number of benzene rings is 1. The molecule has 1 aromatic carbocycles. The molecule has 2 aliphatic heterocycles. The minimum Gasteiger partial charge on any atom is -0.353 e. The molecule has 43 heavy (non-hydrogen) atoms. The highest BCUT2D eigenvalue weighted by atomic mass is 19.4. The van der Waals surface area contributed by atoms with Crippen LogP contribution >= 0.6 is 0 Å². The van der Waals surface area contributed by atoms with Crippen molar-refractivity contribution in [1.82, 2.24) is 20.0 Å². The van der Waals surface area contributed by atoms with Crippen molar-refractivity contribution in [2.45, 2.75) is 77.1 Å². The van der Waals surface area contributed by atoms with Gasteiger partial charge in [-0.25, -0.2) is 0 Å². The number of piperidine rings is 2. The van der Waals surface area contributed by atoms with Gasteiger partial charge in [-0.2, -0.15) is 18.4 Å². The van der Waals surface area contributed by atoms with Crippen molar-refractivity contribution < 1.29 is 24.2 Å². The number of amides is 2. The largest absolute Gasteiger partial charge is 0.416 e. The molecule has 2 heterocycles. The summed E-state index contributed by atoms with van der Waals surface area (Å²) in [5.74, 6) is 0.455. The van der Waals surface area contributed by atoms with E-state index in [1.807, 2.05) is 4.90 Å². The maximum Gasteiger partial charge on any atom is 0.416 e. The number of hydrogen-bond donors (Lipinski definition) is 1. The van der Waals surface area contributed by atoms with E-state index in [0.29, 0.717) is 32.1 Å². The molecular weight excluding hydrogens is 555 g/mol. The van der Waals surface area contributed by atoms with Crippen LogP contribution in [0.2, 0.25) is 0 Å². The SMILES string of the molecule is C=CC(=O)N(CC1CCC(C(=O)NC2CCN(CC#N)CC2)CC1)CC1(C)CCN(Cc2ccc(C(F)(F)F)cc2)CC1.[HH]. The highest BCUT2D eigenvalue weighted by Crippen LogP contribution is 2.35. The molecule has 0 atom stereocenters. The van der Waals surface area contributed by atoms with Crippen LogP contribution < -0.4 is 5.32 Å². The molecule has 238 valence electrons. The van der Waals surface area contributed by atoms with Gasteiger partial charge < -0.3 is 10.2 Å². The summed E-state index contributed by atoms with van der Waals surface area (Å²) in [6.45, 7) is 11.7. The number of rotatable bonds is 10. The Balaban J connectivity index is 0.00000529. The fourth-order valence-corrected chi connectivity index (χ4v) is 6.86. The zero-order valence-electron chi connectivity index (χ0n) is 25.4. The Morgan fingerprint density at radius 3 is 2.26 bits per heavy atom. The van der Waals surface area contributed by atoms with Gasteiger partial charge in [-0.3, -0.25) is 19.4 Å². The third-order valence-corrected chi connectivity index (χ3v) is 9.73. The molecule has 1 aliphatic carbocycles. The number of carbonyl (C=O) groups excluding carboxylic acids is 2. The van der Waals surface area contributed by atoms with Crippen LogP contribution in [0.1, 0.15) is 70.8 Å². The topological polar surface area (TPSA) is 79.7 Å². The molecule has 0 radical (unpaired) electrons. The lowest BCUT2D eigenvalue weighted by molar-refractivity contribution is -0.137. The number of nitrogens with one attached hydrogen (secondary N) is 1. The van der Waals surface area contributed by atoms with Crippen molar-refractivity contribution in [1.29, 1.82) is 5.26 Å².